The number of carbonyl (C=O) groups is 1. The fourth-order valence-corrected chi connectivity index (χ4v) is 1.72. The molecule has 0 saturated carbocycles. The molecule has 0 saturated heterocycles. The van der Waals surface area contributed by atoms with Crippen LogP contribution in [0.5, 0.6) is 0 Å². The van der Waals surface area contributed by atoms with Gasteiger partial charge in [-0.1, -0.05) is 15.9 Å². The standard InChI is InChI=1S/C7H9BrN4O/c8-3-7(13)11-1-2-12-5-9-10-6(12)4-11/h5H,1-4H2. The van der Waals surface area contributed by atoms with Crippen LogP contribution in [-0.2, 0) is 17.9 Å². The highest BCUT2D eigenvalue weighted by atomic mass is 79.9. The van der Waals surface area contributed by atoms with E-state index in [2.05, 4.69) is 26.1 Å². The average Bonchev–Trinajstić information content (AvgIpc) is 2.63. The molecule has 0 bridgehead atoms. The van der Waals surface area contributed by atoms with Gasteiger partial charge < -0.3 is 9.47 Å². The first kappa shape index (κ1) is 8.68. The molecular formula is C7H9BrN4O. The third kappa shape index (κ3) is 1.58. The number of halogens is 1. The van der Waals surface area contributed by atoms with Crippen molar-refractivity contribution in [2.75, 3.05) is 11.9 Å². The van der Waals surface area contributed by atoms with Crippen LogP contribution >= 0.6 is 15.9 Å². The summed E-state index contributed by atoms with van der Waals surface area (Å²) >= 11 is 3.15. The number of hydrogen-bond acceptors (Lipinski definition) is 3. The van der Waals surface area contributed by atoms with Crippen LogP contribution in [0.2, 0.25) is 0 Å². The molecule has 1 amide bonds. The maximum atomic E-state index is 11.3. The van der Waals surface area contributed by atoms with Crippen molar-refractivity contribution in [2.45, 2.75) is 13.1 Å². The molecule has 1 aliphatic heterocycles. The van der Waals surface area contributed by atoms with Crippen molar-refractivity contribution in [3.05, 3.63) is 12.2 Å². The number of hydrogen-bond donors (Lipinski definition) is 0. The zero-order chi connectivity index (χ0) is 9.26. The van der Waals surface area contributed by atoms with Crippen LogP contribution in [0.25, 0.3) is 0 Å². The summed E-state index contributed by atoms with van der Waals surface area (Å²) in [5.74, 6) is 0.967. The summed E-state index contributed by atoms with van der Waals surface area (Å²) in [7, 11) is 0. The monoisotopic (exact) mass is 244 g/mol. The summed E-state index contributed by atoms with van der Waals surface area (Å²) in [5.41, 5.74) is 0. The van der Waals surface area contributed by atoms with Gasteiger partial charge in [-0.2, -0.15) is 0 Å². The second-order valence-electron chi connectivity index (χ2n) is 2.89. The van der Waals surface area contributed by atoms with E-state index >= 15 is 0 Å². The van der Waals surface area contributed by atoms with Crippen molar-refractivity contribution in [1.82, 2.24) is 19.7 Å². The summed E-state index contributed by atoms with van der Waals surface area (Å²) in [6.45, 7) is 2.11. The maximum absolute atomic E-state index is 11.3. The van der Waals surface area contributed by atoms with Gasteiger partial charge in [0.25, 0.3) is 0 Å². The first-order chi connectivity index (χ1) is 6.31. The van der Waals surface area contributed by atoms with E-state index in [9.17, 15) is 4.79 Å². The predicted octanol–water partition coefficient (Wildman–Crippen LogP) is 0.0152. The van der Waals surface area contributed by atoms with E-state index in [4.69, 9.17) is 0 Å². The molecule has 70 valence electrons. The van der Waals surface area contributed by atoms with Gasteiger partial charge in [0.05, 0.1) is 11.9 Å². The number of carbonyl (C=O) groups excluding carboxylic acids is 1. The van der Waals surface area contributed by atoms with E-state index in [1.807, 2.05) is 4.57 Å². The lowest BCUT2D eigenvalue weighted by Gasteiger charge is -2.26. The van der Waals surface area contributed by atoms with E-state index < -0.39 is 0 Å². The largest absolute Gasteiger partial charge is 0.333 e. The average molecular weight is 245 g/mol. The topological polar surface area (TPSA) is 51.0 Å². The third-order valence-corrected chi connectivity index (χ3v) is 2.59. The second kappa shape index (κ2) is 3.45. The summed E-state index contributed by atoms with van der Waals surface area (Å²) in [6.07, 6.45) is 1.70. The molecule has 0 N–H and O–H groups in total. The van der Waals surface area contributed by atoms with Crippen LogP contribution in [0.1, 0.15) is 5.82 Å². The van der Waals surface area contributed by atoms with Crippen LogP contribution in [-0.4, -0.2) is 37.4 Å². The lowest BCUT2D eigenvalue weighted by atomic mass is 10.3. The Labute approximate surface area is 83.9 Å². The van der Waals surface area contributed by atoms with Crippen LogP contribution in [0.4, 0.5) is 0 Å². The summed E-state index contributed by atoms with van der Waals surface area (Å²) in [4.78, 5) is 13.1. The van der Waals surface area contributed by atoms with Gasteiger partial charge in [-0.25, -0.2) is 0 Å². The lowest BCUT2D eigenvalue weighted by molar-refractivity contribution is -0.129. The highest BCUT2D eigenvalue weighted by Crippen LogP contribution is 2.09. The normalized spacial score (nSPS) is 15.6. The number of aromatic nitrogens is 3. The zero-order valence-corrected chi connectivity index (χ0v) is 8.57. The van der Waals surface area contributed by atoms with Crippen molar-refractivity contribution in [1.29, 1.82) is 0 Å². The predicted molar refractivity (Wildman–Crippen MR) is 49.2 cm³/mol. The molecule has 5 nitrogen and oxygen atoms in total. The first-order valence-electron chi connectivity index (χ1n) is 4.01. The van der Waals surface area contributed by atoms with E-state index in [1.165, 1.54) is 0 Å². The number of nitrogens with zero attached hydrogens (tertiary/aromatic N) is 4. The van der Waals surface area contributed by atoms with E-state index in [1.54, 1.807) is 11.2 Å². The number of fused-ring (bicyclic) bond motifs is 1. The van der Waals surface area contributed by atoms with Gasteiger partial charge in [0, 0.05) is 13.1 Å². The molecule has 0 spiro atoms. The molecule has 0 aromatic carbocycles. The van der Waals surface area contributed by atoms with Gasteiger partial charge in [0.1, 0.15) is 6.33 Å². The summed E-state index contributed by atoms with van der Waals surface area (Å²) in [6, 6.07) is 0. The van der Waals surface area contributed by atoms with Gasteiger partial charge in [-0.3, -0.25) is 4.79 Å². The van der Waals surface area contributed by atoms with Gasteiger partial charge in [-0.15, -0.1) is 10.2 Å². The van der Waals surface area contributed by atoms with Crippen molar-refractivity contribution in [2.24, 2.45) is 0 Å². The Morgan fingerprint density at radius 1 is 1.62 bits per heavy atom. The Balaban J connectivity index is 2.13. The second-order valence-corrected chi connectivity index (χ2v) is 3.45. The van der Waals surface area contributed by atoms with Crippen LogP contribution < -0.4 is 0 Å². The Hall–Kier alpha value is -0.910. The number of amides is 1. The summed E-state index contributed by atoms with van der Waals surface area (Å²) < 4.78 is 1.97. The Kier molecular flexibility index (Phi) is 2.30. The quantitative estimate of drug-likeness (QED) is 0.655. The third-order valence-electron chi connectivity index (χ3n) is 2.11. The Bertz CT molecular complexity index is 324. The molecule has 1 aromatic heterocycles. The maximum Gasteiger partial charge on any atom is 0.233 e. The molecule has 0 atom stereocenters. The Morgan fingerprint density at radius 2 is 2.46 bits per heavy atom. The molecule has 13 heavy (non-hydrogen) atoms. The fourth-order valence-electron chi connectivity index (χ4n) is 1.36. The molecule has 0 radical (unpaired) electrons. The van der Waals surface area contributed by atoms with Crippen LogP contribution in [0.3, 0.4) is 0 Å². The molecule has 1 aliphatic rings. The number of alkyl halides is 1. The van der Waals surface area contributed by atoms with E-state index in [0.29, 0.717) is 11.9 Å². The molecule has 0 unspecified atom stereocenters. The first-order valence-corrected chi connectivity index (χ1v) is 5.14. The molecular weight excluding hydrogens is 236 g/mol. The van der Waals surface area contributed by atoms with E-state index in [-0.39, 0.29) is 5.91 Å². The van der Waals surface area contributed by atoms with Crippen molar-refractivity contribution < 1.29 is 4.79 Å². The van der Waals surface area contributed by atoms with Crippen molar-refractivity contribution >= 4 is 21.8 Å². The smallest absolute Gasteiger partial charge is 0.233 e. The molecule has 0 fully saturated rings. The van der Waals surface area contributed by atoms with Crippen molar-refractivity contribution in [3.8, 4) is 0 Å². The minimum Gasteiger partial charge on any atom is -0.333 e. The number of rotatable bonds is 1. The van der Waals surface area contributed by atoms with E-state index in [0.717, 1.165) is 18.9 Å². The van der Waals surface area contributed by atoms with Crippen LogP contribution in [0, 0.1) is 0 Å². The highest BCUT2D eigenvalue weighted by molar-refractivity contribution is 9.09. The molecule has 0 aliphatic carbocycles. The van der Waals surface area contributed by atoms with Crippen molar-refractivity contribution in [3.63, 3.8) is 0 Å². The molecule has 1 aromatic rings. The van der Waals surface area contributed by atoms with Crippen LogP contribution in [0.15, 0.2) is 6.33 Å². The molecule has 2 rings (SSSR count). The van der Waals surface area contributed by atoms with Gasteiger partial charge in [0.15, 0.2) is 5.82 Å². The van der Waals surface area contributed by atoms with Gasteiger partial charge in [-0.05, 0) is 0 Å². The zero-order valence-electron chi connectivity index (χ0n) is 6.98. The van der Waals surface area contributed by atoms with Gasteiger partial charge in [0.2, 0.25) is 5.91 Å². The molecule has 6 heteroatoms. The minimum absolute atomic E-state index is 0.106. The molecule has 2 heterocycles. The summed E-state index contributed by atoms with van der Waals surface area (Å²) in [5, 5.41) is 8.09. The lowest BCUT2D eigenvalue weighted by Crippen LogP contribution is -2.38. The minimum atomic E-state index is 0.106. The van der Waals surface area contributed by atoms with Gasteiger partial charge >= 0.3 is 0 Å². The SMILES string of the molecule is O=C(CBr)N1CCn2cnnc2C1. The Morgan fingerprint density at radius 3 is 3.23 bits per heavy atom. The fraction of sp³-hybridized carbons (Fsp3) is 0.571. The highest BCUT2D eigenvalue weighted by Gasteiger charge is 2.20.